The minimum Gasteiger partial charge on any atom is -0.357 e. The zero-order valence-corrected chi connectivity index (χ0v) is 17.3. The van der Waals surface area contributed by atoms with Crippen LogP contribution in [0.25, 0.3) is 10.8 Å². The topological polar surface area (TPSA) is 93.1 Å². The highest BCUT2D eigenvalue weighted by Gasteiger charge is 2.26. The average molecular weight is 428 g/mol. The van der Waals surface area contributed by atoms with Gasteiger partial charge in [0.15, 0.2) is 17.3 Å². The van der Waals surface area contributed by atoms with Crippen molar-refractivity contribution in [1.82, 2.24) is 20.4 Å². The molecule has 31 heavy (non-hydrogen) atoms. The molecule has 1 heterocycles. The molecule has 1 atom stereocenters. The monoisotopic (exact) mass is 428 g/mol. The Morgan fingerprint density at radius 1 is 1.06 bits per heavy atom. The molecule has 0 spiro atoms. The van der Waals surface area contributed by atoms with Crippen molar-refractivity contribution in [2.45, 2.75) is 26.4 Å². The summed E-state index contributed by atoms with van der Waals surface area (Å²) in [5.74, 6) is -3.47. The van der Waals surface area contributed by atoms with E-state index in [4.69, 9.17) is 0 Å². The molecule has 2 aromatic carbocycles. The summed E-state index contributed by atoms with van der Waals surface area (Å²) < 4.78 is 28.3. The van der Waals surface area contributed by atoms with Gasteiger partial charge in [-0.3, -0.25) is 14.4 Å². The molecular formula is C22H22F2N4O3. The van der Waals surface area contributed by atoms with Gasteiger partial charge in [0.2, 0.25) is 5.91 Å². The molecule has 0 bridgehead atoms. The molecule has 2 N–H and O–H groups in total. The number of benzene rings is 2. The van der Waals surface area contributed by atoms with E-state index in [1.807, 2.05) is 13.8 Å². The number of aromatic nitrogens is 2. The van der Waals surface area contributed by atoms with Crippen LogP contribution in [0, 0.1) is 17.6 Å². The number of nitrogens with one attached hydrogen (secondary N) is 2. The summed E-state index contributed by atoms with van der Waals surface area (Å²) in [6.45, 7) is 4.12. The van der Waals surface area contributed by atoms with Crippen LogP contribution >= 0.6 is 0 Å². The molecule has 1 unspecified atom stereocenters. The first kappa shape index (κ1) is 22.1. The van der Waals surface area contributed by atoms with E-state index in [1.54, 1.807) is 24.3 Å². The van der Waals surface area contributed by atoms with E-state index in [1.165, 1.54) is 17.8 Å². The lowest BCUT2D eigenvalue weighted by atomic mass is 10.0. The number of halogens is 2. The number of carbonyl (C=O) groups excluding carboxylic acids is 2. The largest absolute Gasteiger partial charge is 0.357 e. The third-order valence-electron chi connectivity index (χ3n) is 4.68. The molecule has 0 aliphatic carbocycles. The molecule has 7 nitrogen and oxygen atoms in total. The van der Waals surface area contributed by atoms with Crippen molar-refractivity contribution < 1.29 is 18.4 Å². The number of rotatable bonds is 6. The van der Waals surface area contributed by atoms with E-state index in [2.05, 4.69) is 15.7 Å². The maximum Gasteiger partial charge on any atom is 0.274 e. The lowest BCUT2D eigenvalue weighted by Crippen LogP contribution is -2.40. The minimum atomic E-state index is -1.29. The van der Waals surface area contributed by atoms with Gasteiger partial charge in [-0.05, 0) is 29.7 Å². The van der Waals surface area contributed by atoms with Crippen molar-refractivity contribution in [2.24, 2.45) is 5.92 Å². The molecule has 9 heteroatoms. The van der Waals surface area contributed by atoms with E-state index in [-0.39, 0.29) is 22.7 Å². The van der Waals surface area contributed by atoms with Crippen LogP contribution in [0.5, 0.6) is 0 Å². The van der Waals surface area contributed by atoms with Crippen LogP contribution in [0.2, 0.25) is 0 Å². The second kappa shape index (κ2) is 9.03. The predicted octanol–water partition coefficient (Wildman–Crippen LogP) is 2.55. The van der Waals surface area contributed by atoms with Gasteiger partial charge in [0.1, 0.15) is 6.04 Å². The highest BCUT2D eigenvalue weighted by atomic mass is 19.2. The minimum absolute atomic E-state index is 0.0488. The van der Waals surface area contributed by atoms with Crippen molar-refractivity contribution >= 4 is 22.6 Å². The SMILES string of the molecule is CNC(=O)C(NC(=O)c1nn(CC(C)C)c(=O)c2ccccc12)c1ccc(F)c(F)c1. The Labute approximate surface area is 177 Å². The van der Waals surface area contributed by atoms with Crippen LogP contribution in [-0.2, 0) is 11.3 Å². The second-order valence-corrected chi connectivity index (χ2v) is 7.47. The van der Waals surface area contributed by atoms with Crippen molar-refractivity contribution in [1.29, 1.82) is 0 Å². The standard InChI is InChI=1S/C22H22F2N4O3/c1-12(2)11-28-22(31)15-7-5-4-6-14(15)19(27-28)21(30)26-18(20(29)25-3)13-8-9-16(23)17(24)10-13/h4-10,12,18H,11H2,1-3H3,(H,25,29)(H,26,30). The molecule has 0 saturated heterocycles. The summed E-state index contributed by atoms with van der Waals surface area (Å²) >= 11 is 0. The molecule has 2 amide bonds. The van der Waals surface area contributed by atoms with Gasteiger partial charge in [0, 0.05) is 19.0 Å². The molecule has 0 aliphatic heterocycles. The summed E-state index contributed by atoms with van der Waals surface area (Å²) in [5.41, 5.74) is -0.317. The van der Waals surface area contributed by atoms with Crippen molar-refractivity contribution in [2.75, 3.05) is 7.05 Å². The van der Waals surface area contributed by atoms with Crippen LogP contribution < -0.4 is 16.2 Å². The highest BCUT2D eigenvalue weighted by molar-refractivity contribution is 6.06. The third-order valence-corrected chi connectivity index (χ3v) is 4.68. The maximum atomic E-state index is 13.7. The highest BCUT2D eigenvalue weighted by Crippen LogP contribution is 2.19. The summed E-state index contributed by atoms with van der Waals surface area (Å²) in [5, 5.41) is 9.78. The Morgan fingerprint density at radius 2 is 1.74 bits per heavy atom. The fraction of sp³-hybridized carbons (Fsp3) is 0.273. The van der Waals surface area contributed by atoms with Crippen LogP contribution in [-0.4, -0.2) is 28.6 Å². The maximum absolute atomic E-state index is 13.7. The molecule has 3 aromatic rings. The van der Waals surface area contributed by atoms with Crippen LogP contribution in [0.15, 0.2) is 47.3 Å². The smallest absolute Gasteiger partial charge is 0.274 e. The van der Waals surface area contributed by atoms with E-state index in [0.717, 1.165) is 12.1 Å². The number of likely N-dealkylation sites (N-methyl/N-ethyl adjacent to an activating group) is 1. The summed E-state index contributed by atoms with van der Waals surface area (Å²) in [7, 11) is 1.36. The molecule has 1 aromatic heterocycles. The Kier molecular flexibility index (Phi) is 6.43. The molecule has 0 radical (unpaired) electrons. The number of hydrogen-bond donors (Lipinski definition) is 2. The van der Waals surface area contributed by atoms with Crippen LogP contribution in [0.3, 0.4) is 0 Å². The van der Waals surface area contributed by atoms with Gasteiger partial charge in [-0.15, -0.1) is 0 Å². The summed E-state index contributed by atoms with van der Waals surface area (Å²) in [4.78, 5) is 38.2. The Bertz CT molecular complexity index is 1210. The lowest BCUT2D eigenvalue weighted by Gasteiger charge is -2.19. The number of carbonyl (C=O) groups is 2. The second-order valence-electron chi connectivity index (χ2n) is 7.47. The fourth-order valence-corrected chi connectivity index (χ4v) is 3.21. The summed E-state index contributed by atoms with van der Waals surface area (Å²) in [6.07, 6.45) is 0. The van der Waals surface area contributed by atoms with Gasteiger partial charge < -0.3 is 10.6 Å². The van der Waals surface area contributed by atoms with Gasteiger partial charge >= 0.3 is 0 Å². The fourth-order valence-electron chi connectivity index (χ4n) is 3.21. The first-order valence-electron chi connectivity index (χ1n) is 9.70. The van der Waals surface area contributed by atoms with E-state index in [0.29, 0.717) is 17.3 Å². The number of hydrogen-bond acceptors (Lipinski definition) is 4. The molecule has 162 valence electrons. The average Bonchev–Trinajstić information content (AvgIpc) is 2.75. The molecule has 0 fully saturated rings. The molecule has 0 saturated carbocycles. The van der Waals surface area contributed by atoms with E-state index < -0.39 is 29.5 Å². The molecule has 0 aliphatic rings. The van der Waals surface area contributed by atoms with Crippen molar-refractivity contribution in [3.63, 3.8) is 0 Å². The summed E-state index contributed by atoms with van der Waals surface area (Å²) in [6, 6.07) is 8.17. The van der Waals surface area contributed by atoms with Crippen LogP contribution in [0.1, 0.15) is 35.9 Å². The first-order chi connectivity index (χ1) is 14.7. The first-order valence-corrected chi connectivity index (χ1v) is 9.70. The number of nitrogens with zero attached hydrogens (tertiary/aromatic N) is 2. The van der Waals surface area contributed by atoms with Gasteiger partial charge in [0.25, 0.3) is 11.5 Å². The quantitative estimate of drug-likeness (QED) is 0.631. The Morgan fingerprint density at radius 3 is 2.35 bits per heavy atom. The van der Waals surface area contributed by atoms with Gasteiger partial charge in [0.05, 0.1) is 5.39 Å². The molecular weight excluding hydrogens is 406 g/mol. The molecule has 3 rings (SSSR count). The predicted molar refractivity (Wildman–Crippen MR) is 111 cm³/mol. The van der Waals surface area contributed by atoms with Gasteiger partial charge in [-0.25, -0.2) is 13.5 Å². The van der Waals surface area contributed by atoms with E-state index in [9.17, 15) is 23.2 Å². The van der Waals surface area contributed by atoms with E-state index >= 15 is 0 Å². The zero-order valence-electron chi connectivity index (χ0n) is 17.3. The zero-order chi connectivity index (χ0) is 22.7. The lowest BCUT2D eigenvalue weighted by molar-refractivity contribution is -0.122. The Hall–Kier alpha value is -3.62. The van der Waals surface area contributed by atoms with Crippen molar-refractivity contribution in [3.8, 4) is 0 Å². The number of fused-ring (bicyclic) bond motifs is 1. The normalized spacial score (nSPS) is 12.1. The van der Waals surface area contributed by atoms with Crippen LogP contribution in [0.4, 0.5) is 8.78 Å². The number of amides is 2. The van der Waals surface area contributed by atoms with Gasteiger partial charge in [-0.1, -0.05) is 38.1 Å². The van der Waals surface area contributed by atoms with Crippen molar-refractivity contribution in [3.05, 3.63) is 75.7 Å². The van der Waals surface area contributed by atoms with Gasteiger partial charge in [-0.2, -0.15) is 5.10 Å². The third kappa shape index (κ3) is 4.60. The Balaban J connectivity index is 2.08.